The highest BCUT2D eigenvalue weighted by atomic mass is 32.2. The van der Waals surface area contributed by atoms with Crippen LogP contribution in [0.25, 0.3) is 33.2 Å². The molecule has 0 aliphatic heterocycles. The van der Waals surface area contributed by atoms with Crippen LogP contribution >= 0.6 is 11.8 Å². The Hall–Kier alpha value is -3.12. The van der Waals surface area contributed by atoms with Gasteiger partial charge in [-0.25, -0.2) is 0 Å². The molecule has 1 fully saturated rings. The first kappa shape index (κ1) is 16.8. The highest BCUT2D eigenvalue weighted by molar-refractivity contribution is 7.98. The average molecular weight is 398 g/mol. The molecule has 3 heterocycles. The second kappa shape index (κ2) is 6.74. The predicted octanol–water partition coefficient (Wildman–Crippen LogP) is 5.60. The van der Waals surface area contributed by atoms with Gasteiger partial charge in [-0.1, -0.05) is 54.2 Å². The number of benzene rings is 2. The lowest BCUT2D eigenvalue weighted by molar-refractivity contribution is 0.669. The van der Waals surface area contributed by atoms with Gasteiger partial charge in [0.25, 0.3) is 0 Å². The van der Waals surface area contributed by atoms with Crippen LogP contribution in [0.4, 0.5) is 0 Å². The van der Waals surface area contributed by atoms with Crippen molar-refractivity contribution in [2.45, 2.75) is 29.8 Å². The van der Waals surface area contributed by atoms with Gasteiger partial charge in [-0.05, 0) is 30.5 Å². The van der Waals surface area contributed by atoms with E-state index in [4.69, 9.17) is 0 Å². The normalized spacial score (nSPS) is 14.1. The second-order valence-electron chi connectivity index (χ2n) is 7.44. The van der Waals surface area contributed by atoms with Crippen LogP contribution in [-0.2, 0) is 5.75 Å². The van der Waals surface area contributed by atoms with E-state index in [9.17, 15) is 0 Å². The molecule has 0 bridgehead atoms. The lowest BCUT2D eigenvalue weighted by Crippen LogP contribution is -1.99. The number of aromatic amines is 1. The number of hydrogen-bond acceptors (Lipinski definition) is 4. The van der Waals surface area contributed by atoms with Gasteiger partial charge in [0.05, 0.1) is 5.52 Å². The Balaban J connectivity index is 1.37. The third-order valence-electron chi connectivity index (χ3n) is 5.48. The molecule has 5 aromatic rings. The Labute approximate surface area is 172 Å². The molecule has 0 radical (unpaired) electrons. The van der Waals surface area contributed by atoms with E-state index in [1.165, 1.54) is 29.2 Å². The Morgan fingerprint density at radius 1 is 1.00 bits per heavy atom. The van der Waals surface area contributed by atoms with Crippen LogP contribution in [0.15, 0.2) is 72.1 Å². The molecule has 6 rings (SSSR count). The minimum atomic E-state index is 0.502. The SMILES string of the molecule is c1cnc2c(CSc3nnc(-c4c[nH]c5ccccc45)n3C3CC3)cccc2c1. The van der Waals surface area contributed by atoms with Gasteiger partial charge in [0, 0.05) is 46.0 Å². The van der Waals surface area contributed by atoms with Crippen LogP contribution in [0.1, 0.15) is 24.4 Å². The summed E-state index contributed by atoms with van der Waals surface area (Å²) in [7, 11) is 0. The minimum Gasteiger partial charge on any atom is -0.360 e. The van der Waals surface area contributed by atoms with E-state index in [1.54, 1.807) is 11.8 Å². The fraction of sp³-hybridized carbons (Fsp3) is 0.174. The van der Waals surface area contributed by atoms with Crippen molar-refractivity contribution in [3.8, 4) is 11.4 Å². The Bertz CT molecular complexity index is 1330. The summed E-state index contributed by atoms with van der Waals surface area (Å²) in [5.74, 6) is 1.79. The molecule has 29 heavy (non-hydrogen) atoms. The van der Waals surface area contributed by atoms with Crippen molar-refractivity contribution in [3.63, 3.8) is 0 Å². The summed E-state index contributed by atoms with van der Waals surface area (Å²) in [6.07, 6.45) is 6.29. The second-order valence-corrected chi connectivity index (χ2v) is 8.38. The molecule has 5 nitrogen and oxygen atoms in total. The molecule has 3 aromatic heterocycles. The minimum absolute atomic E-state index is 0.502. The predicted molar refractivity (Wildman–Crippen MR) is 117 cm³/mol. The molecule has 1 N–H and O–H groups in total. The topological polar surface area (TPSA) is 59.4 Å². The van der Waals surface area contributed by atoms with E-state index >= 15 is 0 Å². The van der Waals surface area contributed by atoms with Crippen molar-refractivity contribution in [2.75, 3.05) is 0 Å². The molecule has 0 unspecified atom stereocenters. The monoisotopic (exact) mass is 397 g/mol. The van der Waals surface area contributed by atoms with Gasteiger partial charge in [-0.2, -0.15) is 0 Å². The molecule has 2 aromatic carbocycles. The van der Waals surface area contributed by atoms with E-state index in [-0.39, 0.29) is 0 Å². The van der Waals surface area contributed by atoms with E-state index in [2.05, 4.69) is 73.4 Å². The van der Waals surface area contributed by atoms with Crippen molar-refractivity contribution in [1.29, 1.82) is 0 Å². The van der Waals surface area contributed by atoms with E-state index in [1.807, 2.05) is 18.3 Å². The van der Waals surface area contributed by atoms with E-state index in [0.29, 0.717) is 6.04 Å². The summed E-state index contributed by atoms with van der Waals surface area (Å²) in [6.45, 7) is 0. The zero-order chi connectivity index (χ0) is 19.2. The highest BCUT2D eigenvalue weighted by Crippen LogP contribution is 2.42. The van der Waals surface area contributed by atoms with Crippen LogP contribution in [0, 0.1) is 0 Å². The number of nitrogens with zero attached hydrogens (tertiary/aromatic N) is 4. The Morgan fingerprint density at radius 2 is 1.90 bits per heavy atom. The summed E-state index contributed by atoms with van der Waals surface area (Å²) in [6, 6.07) is 19.3. The number of hydrogen-bond donors (Lipinski definition) is 1. The van der Waals surface area contributed by atoms with Crippen molar-refractivity contribution < 1.29 is 0 Å². The number of thioether (sulfide) groups is 1. The summed E-state index contributed by atoms with van der Waals surface area (Å²) in [5, 5.41) is 12.5. The molecule has 1 aliphatic rings. The van der Waals surface area contributed by atoms with E-state index in [0.717, 1.165) is 33.3 Å². The van der Waals surface area contributed by atoms with Crippen molar-refractivity contribution in [2.24, 2.45) is 0 Å². The molecule has 0 saturated heterocycles. The lowest BCUT2D eigenvalue weighted by Gasteiger charge is -2.09. The molecule has 0 spiro atoms. The number of fused-ring (bicyclic) bond motifs is 2. The fourth-order valence-electron chi connectivity index (χ4n) is 3.90. The number of rotatable bonds is 5. The number of pyridine rings is 1. The van der Waals surface area contributed by atoms with Crippen LogP contribution in [0.2, 0.25) is 0 Å². The van der Waals surface area contributed by atoms with Crippen molar-refractivity contribution >= 4 is 33.6 Å². The summed E-state index contributed by atoms with van der Waals surface area (Å²) in [5.41, 5.74) is 4.55. The fourth-order valence-corrected chi connectivity index (χ4v) is 4.89. The molecular formula is C23H19N5S. The largest absolute Gasteiger partial charge is 0.360 e. The third kappa shape index (κ3) is 2.91. The number of para-hydroxylation sites is 2. The summed E-state index contributed by atoms with van der Waals surface area (Å²) >= 11 is 1.75. The summed E-state index contributed by atoms with van der Waals surface area (Å²) < 4.78 is 2.33. The molecule has 6 heteroatoms. The van der Waals surface area contributed by atoms with Crippen molar-refractivity contribution in [3.05, 3.63) is 72.6 Å². The van der Waals surface area contributed by atoms with Crippen LogP contribution in [-0.4, -0.2) is 24.7 Å². The maximum Gasteiger partial charge on any atom is 0.192 e. The maximum atomic E-state index is 4.60. The first-order chi connectivity index (χ1) is 14.4. The molecule has 142 valence electrons. The van der Waals surface area contributed by atoms with Crippen LogP contribution < -0.4 is 0 Å². The zero-order valence-electron chi connectivity index (χ0n) is 15.7. The van der Waals surface area contributed by atoms with Crippen LogP contribution in [0.3, 0.4) is 0 Å². The average Bonchev–Trinajstić information content (AvgIpc) is 3.38. The summed E-state index contributed by atoms with van der Waals surface area (Å²) in [4.78, 5) is 7.95. The number of nitrogens with one attached hydrogen (secondary N) is 1. The number of H-pyrrole nitrogens is 1. The van der Waals surface area contributed by atoms with Gasteiger partial charge in [0.1, 0.15) is 0 Å². The van der Waals surface area contributed by atoms with Gasteiger partial charge < -0.3 is 4.98 Å². The van der Waals surface area contributed by atoms with E-state index < -0.39 is 0 Å². The molecule has 0 atom stereocenters. The maximum absolute atomic E-state index is 4.60. The smallest absolute Gasteiger partial charge is 0.192 e. The first-order valence-electron chi connectivity index (χ1n) is 9.85. The quantitative estimate of drug-likeness (QED) is 0.392. The first-order valence-corrected chi connectivity index (χ1v) is 10.8. The highest BCUT2D eigenvalue weighted by Gasteiger charge is 2.31. The van der Waals surface area contributed by atoms with Crippen LogP contribution in [0.5, 0.6) is 0 Å². The van der Waals surface area contributed by atoms with Gasteiger partial charge in [-0.15, -0.1) is 10.2 Å². The molecule has 1 aliphatic carbocycles. The molecular weight excluding hydrogens is 378 g/mol. The van der Waals surface area contributed by atoms with Crippen molar-refractivity contribution in [1.82, 2.24) is 24.7 Å². The lowest BCUT2D eigenvalue weighted by atomic mass is 10.1. The molecule has 0 amide bonds. The van der Waals surface area contributed by atoms with Gasteiger partial charge >= 0.3 is 0 Å². The zero-order valence-corrected chi connectivity index (χ0v) is 16.6. The van der Waals surface area contributed by atoms with Gasteiger partial charge in [0.2, 0.25) is 0 Å². The Morgan fingerprint density at radius 3 is 2.83 bits per heavy atom. The van der Waals surface area contributed by atoms with Gasteiger partial charge in [0.15, 0.2) is 11.0 Å². The third-order valence-corrected chi connectivity index (χ3v) is 6.47. The Kier molecular flexibility index (Phi) is 3.90. The molecule has 1 saturated carbocycles. The number of aromatic nitrogens is 5. The standard InChI is InChI=1S/C23H19N5S/c1-2-9-20-18(8-1)19(13-25-20)22-26-27-23(28(22)17-10-11-17)29-14-16-6-3-5-15-7-4-12-24-21(15)16/h1-9,12-13,17,25H,10-11,14H2. The van der Waals surface area contributed by atoms with Gasteiger partial charge in [-0.3, -0.25) is 9.55 Å².